The molecule has 0 aliphatic heterocycles. The van der Waals surface area contributed by atoms with Crippen molar-refractivity contribution in [3.8, 4) is 0 Å². The summed E-state index contributed by atoms with van der Waals surface area (Å²) in [4.78, 5) is 2.00. The normalized spacial score (nSPS) is 11.0. The SMILES string of the molecule is CNCc1cc(F)cc(N(C)CCOC(C)C)c1. The quantitative estimate of drug-likeness (QED) is 0.808. The second-order valence-electron chi connectivity index (χ2n) is 4.69. The molecule has 0 aromatic heterocycles. The van der Waals surface area contributed by atoms with Gasteiger partial charge in [-0.2, -0.15) is 0 Å². The van der Waals surface area contributed by atoms with E-state index in [4.69, 9.17) is 4.74 Å². The molecule has 0 atom stereocenters. The summed E-state index contributed by atoms with van der Waals surface area (Å²) in [6, 6.07) is 5.10. The summed E-state index contributed by atoms with van der Waals surface area (Å²) >= 11 is 0. The zero-order valence-electron chi connectivity index (χ0n) is 11.7. The highest BCUT2D eigenvalue weighted by Gasteiger charge is 2.05. The van der Waals surface area contributed by atoms with Gasteiger partial charge in [-0.3, -0.25) is 0 Å². The van der Waals surface area contributed by atoms with Crippen molar-refractivity contribution in [2.24, 2.45) is 0 Å². The Labute approximate surface area is 109 Å². The van der Waals surface area contributed by atoms with E-state index >= 15 is 0 Å². The third-order valence-electron chi connectivity index (χ3n) is 2.64. The molecule has 18 heavy (non-hydrogen) atoms. The monoisotopic (exact) mass is 254 g/mol. The van der Waals surface area contributed by atoms with E-state index in [9.17, 15) is 4.39 Å². The third-order valence-corrected chi connectivity index (χ3v) is 2.64. The Morgan fingerprint density at radius 3 is 2.67 bits per heavy atom. The zero-order chi connectivity index (χ0) is 13.5. The third kappa shape index (κ3) is 5.02. The lowest BCUT2D eigenvalue weighted by Crippen LogP contribution is -2.24. The van der Waals surface area contributed by atoms with Gasteiger partial charge >= 0.3 is 0 Å². The Balaban J connectivity index is 2.63. The molecule has 3 nitrogen and oxygen atoms in total. The predicted molar refractivity (Wildman–Crippen MR) is 73.5 cm³/mol. The molecule has 0 aliphatic carbocycles. The van der Waals surface area contributed by atoms with Gasteiger partial charge in [-0.15, -0.1) is 0 Å². The molecule has 102 valence electrons. The minimum absolute atomic E-state index is 0.200. The molecule has 1 N–H and O–H groups in total. The van der Waals surface area contributed by atoms with Crippen LogP contribution in [0.2, 0.25) is 0 Å². The molecule has 0 heterocycles. The molecule has 0 saturated heterocycles. The van der Waals surface area contributed by atoms with Gasteiger partial charge in [-0.25, -0.2) is 4.39 Å². The fraction of sp³-hybridized carbons (Fsp3) is 0.571. The van der Waals surface area contributed by atoms with Crippen LogP contribution in [0.5, 0.6) is 0 Å². The number of anilines is 1. The first-order chi connectivity index (χ1) is 8.52. The number of nitrogens with one attached hydrogen (secondary N) is 1. The summed E-state index contributed by atoms with van der Waals surface area (Å²) in [6.45, 7) is 6.08. The van der Waals surface area contributed by atoms with E-state index in [-0.39, 0.29) is 11.9 Å². The van der Waals surface area contributed by atoms with Crippen LogP contribution in [-0.4, -0.2) is 33.4 Å². The summed E-state index contributed by atoms with van der Waals surface area (Å²) in [5.74, 6) is -0.200. The van der Waals surface area contributed by atoms with Crippen molar-refractivity contribution >= 4 is 5.69 Å². The molecule has 0 bridgehead atoms. The largest absolute Gasteiger partial charge is 0.377 e. The first-order valence-electron chi connectivity index (χ1n) is 6.29. The lowest BCUT2D eigenvalue weighted by Gasteiger charge is -2.21. The molecule has 0 amide bonds. The molecular weight excluding hydrogens is 231 g/mol. The number of benzene rings is 1. The van der Waals surface area contributed by atoms with Crippen LogP contribution in [0.25, 0.3) is 0 Å². The van der Waals surface area contributed by atoms with Crippen molar-refractivity contribution in [2.45, 2.75) is 26.5 Å². The number of hydrogen-bond donors (Lipinski definition) is 1. The van der Waals surface area contributed by atoms with E-state index < -0.39 is 0 Å². The van der Waals surface area contributed by atoms with Gasteiger partial charge in [0.1, 0.15) is 5.82 Å². The Bertz CT molecular complexity index is 369. The summed E-state index contributed by atoms with van der Waals surface area (Å²) in [5, 5.41) is 3.03. The Hall–Kier alpha value is -1.13. The van der Waals surface area contributed by atoms with Gasteiger partial charge in [-0.05, 0) is 44.7 Å². The van der Waals surface area contributed by atoms with Gasteiger partial charge in [0.05, 0.1) is 12.7 Å². The van der Waals surface area contributed by atoms with Gasteiger partial charge in [-0.1, -0.05) is 0 Å². The Morgan fingerprint density at radius 1 is 1.33 bits per heavy atom. The van der Waals surface area contributed by atoms with Gasteiger partial charge < -0.3 is 15.0 Å². The van der Waals surface area contributed by atoms with Crippen LogP contribution >= 0.6 is 0 Å². The maximum Gasteiger partial charge on any atom is 0.125 e. The van der Waals surface area contributed by atoms with Crippen LogP contribution in [-0.2, 0) is 11.3 Å². The predicted octanol–water partition coefficient (Wildman–Crippen LogP) is 2.41. The standard InChI is InChI=1S/C14H23FN2O/c1-11(2)18-6-5-17(4)14-8-12(10-16-3)7-13(15)9-14/h7-9,11,16H,5-6,10H2,1-4H3. The first-order valence-corrected chi connectivity index (χ1v) is 6.29. The van der Waals surface area contributed by atoms with Gasteiger partial charge in [0, 0.05) is 25.8 Å². The number of rotatable bonds is 7. The zero-order valence-corrected chi connectivity index (χ0v) is 11.7. The maximum absolute atomic E-state index is 13.5. The van der Waals surface area contributed by atoms with Crippen LogP contribution in [0.15, 0.2) is 18.2 Å². The van der Waals surface area contributed by atoms with Crippen LogP contribution in [0.1, 0.15) is 19.4 Å². The van der Waals surface area contributed by atoms with Crippen molar-refractivity contribution in [2.75, 3.05) is 32.1 Å². The smallest absolute Gasteiger partial charge is 0.125 e. The van der Waals surface area contributed by atoms with E-state index in [1.165, 1.54) is 0 Å². The molecule has 1 rings (SSSR count). The molecule has 0 saturated carbocycles. The van der Waals surface area contributed by atoms with Crippen molar-refractivity contribution in [1.29, 1.82) is 0 Å². The number of hydrogen-bond acceptors (Lipinski definition) is 3. The fourth-order valence-corrected chi connectivity index (χ4v) is 1.71. The fourth-order valence-electron chi connectivity index (χ4n) is 1.71. The minimum Gasteiger partial charge on any atom is -0.377 e. The van der Waals surface area contributed by atoms with Gasteiger partial charge in [0.25, 0.3) is 0 Å². The number of ether oxygens (including phenoxy) is 1. The average molecular weight is 254 g/mol. The highest BCUT2D eigenvalue weighted by molar-refractivity contribution is 5.48. The number of nitrogens with zero attached hydrogens (tertiary/aromatic N) is 1. The molecule has 0 spiro atoms. The number of halogens is 1. The average Bonchev–Trinajstić information content (AvgIpc) is 2.28. The molecule has 0 radical (unpaired) electrons. The second kappa shape index (κ2) is 7.34. The van der Waals surface area contributed by atoms with E-state index in [0.29, 0.717) is 13.2 Å². The second-order valence-corrected chi connectivity index (χ2v) is 4.69. The molecule has 1 aromatic carbocycles. The summed E-state index contributed by atoms with van der Waals surface area (Å²) < 4.78 is 19.0. The summed E-state index contributed by atoms with van der Waals surface area (Å²) in [7, 11) is 3.80. The highest BCUT2D eigenvalue weighted by atomic mass is 19.1. The Kier molecular flexibility index (Phi) is 6.09. The van der Waals surface area contributed by atoms with Crippen molar-refractivity contribution in [3.05, 3.63) is 29.6 Å². The van der Waals surface area contributed by atoms with Gasteiger partial charge in [0.2, 0.25) is 0 Å². The summed E-state index contributed by atoms with van der Waals surface area (Å²) in [5.41, 5.74) is 1.83. The van der Waals surface area contributed by atoms with Crippen LogP contribution < -0.4 is 10.2 Å². The van der Waals surface area contributed by atoms with Crippen LogP contribution in [0.3, 0.4) is 0 Å². The molecule has 1 aromatic rings. The molecule has 0 aliphatic rings. The van der Waals surface area contributed by atoms with Crippen LogP contribution in [0, 0.1) is 5.82 Å². The molecule has 0 unspecified atom stereocenters. The molecular formula is C14H23FN2O. The van der Waals surface area contributed by atoms with Crippen molar-refractivity contribution in [1.82, 2.24) is 5.32 Å². The molecule has 4 heteroatoms. The minimum atomic E-state index is -0.200. The van der Waals surface area contributed by atoms with Gasteiger partial charge in [0.15, 0.2) is 0 Å². The molecule has 0 fully saturated rings. The first kappa shape index (κ1) is 14.9. The Morgan fingerprint density at radius 2 is 2.06 bits per heavy atom. The van der Waals surface area contributed by atoms with Crippen molar-refractivity contribution in [3.63, 3.8) is 0 Å². The summed E-state index contributed by atoms with van der Waals surface area (Å²) in [6.07, 6.45) is 0.228. The van der Waals surface area contributed by atoms with E-state index in [1.54, 1.807) is 12.1 Å². The lowest BCUT2D eigenvalue weighted by atomic mass is 10.2. The topological polar surface area (TPSA) is 24.5 Å². The van der Waals surface area contributed by atoms with Crippen molar-refractivity contribution < 1.29 is 9.13 Å². The van der Waals surface area contributed by atoms with E-state index in [1.807, 2.05) is 38.9 Å². The van der Waals surface area contributed by atoms with Crippen LogP contribution in [0.4, 0.5) is 10.1 Å². The lowest BCUT2D eigenvalue weighted by molar-refractivity contribution is 0.0846. The maximum atomic E-state index is 13.5. The number of likely N-dealkylation sites (N-methyl/N-ethyl adjacent to an activating group) is 1. The van der Waals surface area contributed by atoms with E-state index in [2.05, 4.69) is 5.32 Å². The highest BCUT2D eigenvalue weighted by Crippen LogP contribution is 2.17. The van der Waals surface area contributed by atoms with E-state index in [0.717, 1.165) is 17.8 Å².